The second kappa shape index (κ2) is 8.54. The first-order valence-electron chi connectivity index (χ1n) is 8.59. The summed E-state index contributed by atoms with van der Waals surface area (Å²) in [5, 5.41) is 0. The third kappa shape index (κ3) is 4.06. The van der Waals surface area contributed by atoms with Crippen LogP contribution in [0.4, 0.5) is 5.69 Å². The zero-order chi connectivity index (χ0) is 18.4. The van der Waals surface area contributed by atoms with Gasteiger partial charge in [-0.05, 0) is 42.3 Å². The van der Waals surface area contributed by atoms with Gasteiger partial charge in [0.1, 0.15) is 0 Å². The van der Waals surface area contributed by atoms with Crippen molar-refractivity contribution in [1.82, 2.24) is 0 Å². The number of amides is 1. The summed E-state index contributed by atoms with van der Waals surface area (Å²) < 4.78 is 16.0. The summed E-state index contributed by atoms with van der Waals surface area (Å²) in [7, 11) is 3.19. The standard InChI is InChI=1S/C21H23NO4/c1-24-19-10-8-16(14-20(19)25-2)9-11-21(23)22(18-12-13-26-15-18)17-6-4-3-5-7-17/h3-11,14,18H,12-13,15H2,1-2H3/b11-9+. The van der Waals surface area contributed by atoms with Crippen molar-refractivity contribution < 1.29 is 19.0 Å². The summed E-state index contributed by atoms with van der Waals surface area (Å²) in [5.74, 6) is 1.22. The molecule has 1 amide bonds. The first-order valence-corrected chi connectivity index (χ1v) is 8.59. The molecule has 1 saturated heterocycles. The fraction of sp³-hybridized carbons (Fsp3) is 0.286. The van der Waals surface area contributed by atoms with E-state index in [9.17, 15) is 4.79 Å². The highest BCUT2D eigenvalue weighted by atomic mass is 16.5. The Kier molecular flexibility index (Phi) is 5.92. The molecule has 0 spiro atoms. The molecule has 1 unspecified atom stereocenters. The Bertz CT molecular complexity index is 767. The zero-order valence-corrected chi connectivity index (χ0v) is 15.1. The minimum atomic E-state index is -0.0681. The maximum absolute atomic E-state index is 12.9. The van der Waals surface area contributed by atoms with Crippen molar-refractivity contribution in [2.45, 2.75) is 12.5 Å². The fourth-order valence-electron chi connectivity index (χ4n) is 3.04. The Morgan fingerprint density at radius 3 is 2.54 bits per heavy atom. The molecule has 1 aliphatic rings. The van der Waals surface area contributed by atoms with Crippen LogP contribution in [0.5, 0.6) is 11.5 Å². The summed E-state index contributed by atoms with van der Waals surface area (Å²) >= 11 is 0. The summed E-state index contributed by atoms with van der Waals surface area (Å²) in [5.41, 5.74) is 1.75. The number of methoxy groups -OCH3 is 2. The number of hydrogen-bond acceptors (Lipinski definition) is 4. The number of para-hydroxylation sites is 1. The minimum Gasteiger partial charge on any atom is -0.493 e. The molecule has 0 radical (unpaired) electrons. The van der Waals surface area contributed by atoms with E-state index >= 15 is 0 Å². The van der Waals surface area contributed by atoms with E-state index in [1.54, 1.807) is 26.4 Å². The smallest absolute Gasteiger partial charge is 0.251 e. The van der Waals surface area contributed by atoms with Gasteiger partial charge in [0.25, 0.3) is 5.91 Å². The average Bonchev–Trinajstić information content (AvgIpc) is 3.21. The van der Waals surface area contributed by atoms with E-state index in [0.717, 1.165) is 17.7 Å². The van der Waals surface area contributed by atoms with Gasteiger partial charge in [0.05, 0.1) is 26.9 Å². The first-order chi connectivity index (χ1) is 12.7. The third-order valence-electron chi connectivity index (χ3n) is 4.37. The van der Waals surface area contributed by atoms with Crippen molar-refractivity contribution in [3.63, 3.8) is 0 Å². The highest BCUT2D eigenvalue weighted by molar-refractivity contribution is 6.04. The Hall–Kier alpha value is -2.79. The molecule has 0 aromatic heterocycles. The van der Waals surface area contributed by atoms with Crippen LogP contribution in [0.2, 0.25) is 0 Å². The minimum absolute atomic E-state index is 0.0555. The average molecular weight is 353 g/mol. The highest BCUT2D eigenvalue weighted by Gasteiger charge is 2.27. The van der Waals surface area contributed by atoms with E-state index in [4.69, 9.17) is 14.2 Å². The highest BCUT2D eigenvalue weighted by Crippen LogP contribution is 2.28. The molecule has 0 aliphatic carbocycles. The van der Waals surface area contributed by atoms with Gasteiger partial charge in [-0.1, -0.05) is 24.3 Å². The van der Waals surface area contributed by atoms with Crippen LogP contribution in [-0.4, -0.2) is 39.4 Å². The van der Waals surface area contributed by atoms with Gasteiger partial charge in [-0.25, -0.2) is 0 Å². The molecule has 0 saturated carbocycles. The molecule has 2 aromatic carbocycles. The Morgan fingerprint density at radius 2 is 1.88 bits per heavy atom. The Balaban J connectivity index is 1.82. The van der Waals surface area contributed by atoms with E-state index in [1.165, 1.54) is 0 Å². The van der Waals surface area contributed by atoms with Crippen LogP contribution in [0.3, 0.4) is 0 Å². The van der Waals surface area contributed by atoms with Gasteiger partial charge in [-0.3, -0.25) is 4.79 Å². The fourth-order valence-corrected chi connectivity index (χ4v) is 3.04. The van der Waals surface area contributed by atoms with Crippen LogP contribution in [0, 0.1) is 0 Å². The molecule has 2 aromatic rings. The summed E-state index contributed by atoms with van der Waals surface area (Å²) in [4.78, 5) is 14.7. The Labute approximate surface area is 153 Å². The molecule has 1 heterocycles. The lowest BCUT2D eigenvalue weighted by molar-refractivity contribution is -0.114. The van der Waals surface area contributed by atoms with Crippen molar-refractivity contribution in [2.75, 3.05) is 32.3 Å². The van der Waals surface area contributed by atoms with Crippen molar-refractivity contribution >= 4 is 17.7 Å². The third-order valence-corrected chi connectivity index (χ3v) is 4.37. The van der Waals surface area contributed by atoms with Gasteiger partial charge >= 0.3 is 0 Å². The molecule has 0 bridgehead atoms. The van der Waals surface area contributed by atoms with E-state index in [0.29, 0.717) is 24.7 Å². The van der Waals surface area contributed by atoms with Crippen LogP contribution >= 0.6 is 0 Å². The SMILES string of the molecule is COc1ccc(/C=C/C(=O)N(c2ccccc2)C2CCOC2)cc1OC. The second-order valence-electron chi connectivity index (χ2n) is 6.01. The van der Waals surface area contributed by atoms with E-state index in [2.05, 4.69) is 0 Å². The summed E-state index contributed by atoms with van der Waals surface area (Å²) in [6, 6.07) is 15.3. The quantitative estimate of drug-likeness (QED) is 0.746. The molecular formula is C21H23NO4. The molecular weight excluding hydrogens is 330 g/mol. The maximum Gasteiger partial charge on any atom is 0.251 e. The molecule has 1 fully saturated rings. The number of benzene rings is 2. The largest absolute Gasteiger partial charge is 0.493 e. The lowest BCUT2D eigenvalue weighted by atomic mass is 10.1. The number of hydrogen-bond donors (Lipinski definition) is 0. The van der Waals surface area contributed by atoms with Gasteiger partial charge in [0.2, 0.25) is 0 Å². The van der Waals surface area contributed by atoms with Crippen LogP contribution in [0.1, 0.15) is 12.0 Å². The monoisotopic (exact) mass is 353 g/mol. The molecule has 1 aliphatic heterocycles. The lowest BCUT2D eigenvalue weighted by Gasteiger charge is -2.27. The summed E-state index contributed by atoms with van der Waals surface area (Å²) in [6.45, 7) is 1.24. The van der Waals surface area contributed by atoms with Crippen molar-refractivity contribution in [1.29, 1.82) is 0 Å². The molecule has 5 heteroatoms. The van der Waals surface area contributed by atoms with Crippen LogP contribution in [0.25, 0.3) is 6.08 Å². The molecule has 3 rings (SSSR count). The predicted octanol–water partition coefficient (Wildman–Crippen LogP) is 3.54. The van der Waals surface area contributed by atoms with E-state index in [-0.39, 0.29) is 11.9 Å². The van der Waals surface area contributed by atoms with Crippen molar-refractivity contribution in [3.8, 4) is 11.5 Å². The van der Waals surface area contributed by atoms with Gasteiger partial charge in [0, 0.05) is 18.4 Å². The van der Waals surface area contributed by atoms with Gasteiger partial charge in [-0.2, -0.15) is 0 Å². The van der Waals surface area contributed by atoms with Crippen LogP contribution in [-0.2, 0) is 9.53 Å². The predicted molar refractivity (Wildman–Crippen MR) is 102 cm³/mol. The van der Waals surface area contributed by atoms with Gasteiger partial charge < -0.3 is 19.1 Å². The van der Waals surface area contributed by atoms with E-state index < -0.39 is 0 Å². The molecule has 5 nitrogen and oxygen atoms in total. The van der Waals surface area contributed by atoms with Gasteiger partial charge in [-0.15, -0.1) is 0 Å². The van der Waals surface area contributed by atoms with Gasteiger partial charge in [0.15, 0.2) is 11.5 Å². The number of carbonyl (C=O) groups is 1. The number of rotatable bonds is 6. The molecule has 136 valence electrons. The molecule has 1 atom stereocenters. The summed E-state index contributed by atoms with van der Waals surface area (Å²) in [6.07, 6.45) is 4.22. The van der Waals surface area contributed by atoms with Crippen molar-refractivity contribution in [2.24, 2.45) is 0 Å². The normalized spacial score (nSPS) is 16.6. The first kappa shape index (κ1) is 18.0. The van der Waals surface area contributed by atoms with Crippen LogP contribution < -0.4 is 14.4 Å². The topological polar surface area (TPSA) is 48.0 Å². The number of ether oxygens (including phenoxy) is 3. The van der Waals surface area contributed by atoms with Crippen molar-refractivity contribution in [3.05, 3.63) is 60.2 Å². The maximum atomic E-state index is 12.9. The number of nitrogens with zero attached hydrogens (tertiary/aromatic N) is 1. The van der Waals surface area contributed by atoms with E-state index in [1.807, 2.05) is 53.4 Å². The molecule has 26 heavy (non-hydrogen) atoms. The second-order valence-corrected chi connectivity index (χ2v) is 6.01. The number of anilines is 1. The Morgan fingerprint density at radius 1 is 1.12 bits per heavy atom. The molecule has 0 N–H and O–H groups in total. The van der Waals surface area contributed by atoms with Crippen LogP contribution in [0.15, 0.2) is 54.6 Å². The zero-order valence-electron chi connectivity index (χ0n) is 15.1. The lowest BCUT2D eigenvalue weighted by Crippen LogP contribution is -2.40. The number of carbonyl (C=O) groups excluding carboxylic acids is 1.